The van der Waals surface area contributed by atoms with Gasteiger partial charge in [-0.15, -0.1) is 0 Å². The maximum atomic E-state index is 12.3. The van der Waals surface area contributed by atoms with Crippen molar-refractivity contribution in [1.82, 2.24) is 0 Å². The van der Waals surface area contributed by atoms with Crippen LogP contribution in [-0.2, 0) is 0 Å². The molecule has 0 heterocycles. The number of carbonyl (C=O) groups is 4. The first-order valence-corrected chi connectivity index (χ1v) is 11.1. The first-order chi connectivity index (χ1) is 16.4. The standard InChI is InChI=1S/C14H6Cl2O2.C14H8O2/c15-11-5-9-10(6-12(11)16)14(18)8-4-2-1-3-7(8)13(9)17;15-13-9-5-1-2-6-10(9)14(16)12-8-4-3-7-11(12)13/h1-6H;1-8H. The largest absolute Gasteiger partial charge is 0.289 e. The Morgan fingerprint density at radius 2 is 0.559 bits per heavy atom. The summed E-state index contributed by atoms with van der Waals surface area (Å²) in [5, 5.41) is 0.548. The first kappa shape index (κ1) is 22.0. The molecule has 4 aromatic rings. The maximum absolute atomic E-state index is 12.3. The molecule has 6 rings (SSSR count). The lowest BCUT2D eigenvalue weighted by atomic mass is 9.84. The molecule has 0 aromatic heterocycles. The summed E-state index contributed by atoms with van der Waals surface area (Å²) in [6, 6.07) is 23.5. The van der Waals surface area contributed by atoms with Crippen LogP contribution < -0.4 is 0 Å². The summed E-state index contributed by atoms with van der Waals surface area (Å²) in [4.78, 5) is 48.7. The number of halogens is 2. The molecule has 0 spiro atoms. The molecule has 2 aliphatic carbocycles. The van der Waals surface area contributed by atoms with Crippen LogP contribution in [-0.4, -0.2) is 23.1 Å². The highest BCUT2D eigenvalue weighted by atomic mass is 35.5. The van der Waals surface area contributed by atoms with Crippen LogP contribution in [0.1, 0.15) is 63.7 Å². The summed E-state index contributed by atoms with van der Waals surface area (Å²) in [7, 11) is 0. The van der Waals surface area contributed by atoms with Crippen LogP contribution in [0.25, 0.3) is 0 Å². The highest BCUT2D eigenvalue weighted by Gasteiger charge is 2.30. The number of hydrogen-bond acceptors (Lipinski definition) is 4. The van der Waals surface area contributed by atoms with Crippen LogP contribution in [0.5, 0.6) is 0 Å². The van der Waals surface area contributed by atoms with Gasteiger partial charge in [0.1, 0.15) is 0 Å². The Labute approximate surface area is 204 Å². The topological polar surface area (TPSA) is 68.3 Å². The molecule has 0 aliphatic heterocycles. The van der Waals surface area contributed by atoms with E-state index in [-0.39, 0.29) is 33.2 Å². The molecule has 0 radical (unpaired) electrons. The van der Waals surface area contributed by atoms with E-state index >= 15 is 0 Å². The number of benzene rings is 4. The summed E-state index contributed by atoms with van der Waals surface area (Å²) in [5.74, 6) is -0.519. The van der Waals surface area contributed by atoms with E-state index in [1.165, 1.54) is 12.1 Å². The van der Waals surface area contributed by atoms with Crippen LogP contribution >= 0.6 is 23.2 Å². The fourth-order valence-corrected chi connectivity index (χ4v) is 4.47. The van der Waals surface area contributed by atoms with Gasteiger partial charge in [0.05, 0.1) is 10.0 Å². The molecule has 0 N–H and O–H groups in total. The molecule has 0 fully saturated rings. The predicted octanol–water partition coefficient (Wildman–Crippen LogP) is 6.23. The van der Waals surface area contributed by atoms with E-state index in [2.05, 4.69) is 0 Å². The van der Waals surface area contributed by atoms with Gasteiger partial charge < -0.3 is 0 Å². The first-order valence-electron chi connectivity index (χ1n) is 10.3. The minimum Gasteiger partial charge on any atom is -0.289 e. The van der Waals surface area contributed by atoms with Gasteiger partial charge in [-0.05, 0) is 12.1 Å². The lowest BCUT2D eigenvalue weighted by Gasteiger charge is -2.17. The zero-order chi connectivity index (χ0) is 24.0. The third-order valence-corrected chi connectivity index (χ3v) is 6.52. The lowest BCUT2D eigenvalue weighted by molar-refractivity contribution is 0.0979. The van der Waals surface area contributed by atoms with Gasteiger partial charge in [0.2, 0.25) is 0 Å². The van der Waals surface area contributed by atoms with E-state index in [1.54, 1.807) is 72.8 Å². The molecule has 0 amide bonds. The Hall–Kier alpha value is -3.86. The predicted molar refractivity (Wildman–Crippen MR) is 130 cm³/mol. The van der Waals surface area contributed by atoms with Crippen molar-refractivity contribution in [3.05, 3.63) is 139 Å². The number of hydrogen-bond donors (Lipinski definition) is 0. The van der Waals surface area contributed by atoms with Gasteiger partial charge in [0.25, 0.3) is 0 Å². The molecule has 0 bridgehead atoms. The number of carbonyl (C=O) groups excluding carboxylic acids is 4. The number of rotatable bonds is 0. The van der Waals surface area contributed by atoms with E-state index in [0.717, 1.165) is 0 Å². The van der Waals surface area contributed by atoms with Crippen LogP contribution in [0, 0.1) is 0 Å². The molecule has 6 heteroatoms. The number of fused-ring (bicyclic) bond motifs is 4. The van der Waals surface area contributed by atoms with Crippen molar-refractivity contribution in [2.24, 2.45) is 0 Å². The minimum absolute atomic E-state index is 0.0641. The monoisotopic (exact) mass is 484 g/mol. The molecule has 4 aromatic carbocycles. The second kappa shape index (κ2) is 8.49. The summed E-state index contributed by atoms with van der Waals surface area (Å²) < 4.78 is 0. The van der Waals surface area contributed by atoms with Crippen molar-refractivity contribution in [2.75, 3.05) is 0 Å². The summed E-state index contributed by atoms with van der Waals surface area (Å²) in [6.45, 7) is 0. The van der Waals surface area contributed by atoms with Gasteiger partial charge in [-0.25, -0.2) is 0 Å². The number of ketones is 4. The fourth-order valence-electron chi connectivity index (χ4n) is 4.14. The molecule has 0 saturated carbocycles. The quantitative estimate of drug-likeness (QED) is 0.256. The smallest absolute Gasteiger partial charge is 0.194 e. The molecule has 0 saturated heterocycles. The Morgan fingerprint density at radius 1 is 0.353 bits per heavy atom. The minimum atomic E-state index is -0.196. The van der Waals surface area contributed by atoms with E-state index in [4.69, 9.17) is 23.2 Å². The zero-order valence-corrected chi connectivity index (χ0v) is 19.0. The van der Waals surface area contributed by atoms with Crippen LogP contribution in [0.4, 0.5) is 0 Å². The Morgan fingerprint density at radius 3 is 0.794 bits per heavy atom. The average molecular weight is 485 g/mol. The molecular weight excluding hydrogens is 471 g/mol. The van der Waals surface area contributed by atoms with Gasteiger partial charge in [-0.1, -0.05) is 96.0 Å². The highest BCUT2D eigenvalue weighted by molar-refractivity contribution is 6.43. The molecule has 4 nitrogen and oxygen atoms in total. The van der Waals surface area contributed by atoms with Crippen molar-refractivity contribution in [3.8, 4) is 0 Å². The van der Waals surface area contributed by atoms with Gasteiger partial charge in [-0.2, -0.15) is 0 Å². The van der Waals surface area contributed by atoms with Gasteiger partial charge >= 0.3 is 0 Å². The van der Waals surface area contributed by atoms with Crippen molar-refractivity contribution in [3.63, 3.8) is 0 Å². The Bertz CT molecular complexity index is 1390. The summed E-state index contributed by atoms with van der Waals surface area (Å²) in [6.07, 6.45) is 0. The second-order valence-electron chi connectivity index (χ2n) is 7.77. The highest BCUT2D eigenvalue weighted by Crippen LogP contribution is 2.33. The molecule has 164 valence electrons. The lowest BCUT2D eigenvalue weighted by Crippen LogP contribution is -2.20. The maximum Gasteiger partial charge on any atom is 0.194 e. The fraction of sp³-hybridized carbons (Fsp3) is 0. The van der Waals surface area contributed by atoms with Crippen LogP contribution in [0.3, 0.4) is 0 Å². The van der Waals surface area contributed by atoms with Crippen molar-refractivity contribution in [2.45, 2.75) is 0 Å². The molecule has 34 heavy (non-hydrogen) atoms. The third kappa shape index (κ3) is 3.48. The summed E-state index contributed by atoms with van der Waals surface area (Å²) in [5.41, 5.74) is 3.47. The normalized spacial score (nSPS) is 13.2. The molecule has 0 unspecified atom stereocenters. The van der Waals surface area contributed by atoms with E-state index in [0.29, 0.717) is 44.5 Å². The van der Waals surface area contributed by atoms with Gasteiger partial charge in [0, 0.05) is 44.5 Å². The van der Waals surface area contributed by atoms with Crippen molar-refractivity contribution < 1.29 is 19.2 Å². The zero-order valence-electron chi connectivity index (χ0n) is 17.5. The third-order valence-electron chi connectivity index (χ3n) is 5.80. The molecule has 2 aliphatic rings. The van der Waals surface area contributed by atoms with E-state index in [9.17, 15) is 19.2 Å². The second-order valence-corrected chi connectivity index (χ2v) is 8.58. The van der Waals surface area contributed by atoms with Crippen molar-refractivity contribution >= 4 is 46.3 Å². The van der Waals surface area contributed by atoms with Crippen molar-refractivity contribution in [1.29, 1.82) is 0 Å². The van der Waals surface area contributed by atoms with Gasteiger partial charge in [0.15, 0.2) is 23.1 Å². The molecular formula is C28H14Cl2O4. The van der Waals surface area contributed by atoms with Crippen LogP contribution in [0.2, 0.25) is 10.0 Å². The SMILES string of the molecule is O=C1c2ccccc2C(=O)c2cc(Cl)c(Cl)cc21.O=C1c2ccccc2C(=O)c2ccccc21. The Balaban J connectivity index is 0.000000142. The van der Waals surface area contributed by atoms with Crippen LogP contribution in [0.15, 0.2) is 84.9 Å². The van der Waals surface area contributed by atoms with Gasteiger partial charge in [-0.3, -0.25) is 19.2 Å². The Kier molecular flexibility index (Phi) is 5.48. The summed E-state index contributed by atoms with van der Waals surface area (Å²) >= 11 is 11.8. The average Bonchev–Trinajstić information content (AvgIpc) is 2.87. The van der Waals surface area contributed by atoms with E-state index in [1.807, 2.05) is 0 Å². The van der Waals surface area contributed by atoms with E-state index < -0.39 is 0 Å². The molecule has 0 atom stereocenters.